The van der Waals surface area contributed by atoms with E-state index < -0.39 is 0 Å². The van der Waals surface area contributed by atoms with Crippen LogP contribution in [0.3, 0.4) is 0 Å². The minimum absolute atomic E-state index is 0.0124. The van der Waals surface area contributed by atoms with Crippen molar-refractivity contribution in [1.29, 1.82) is 0 Å². The van der Waals surface area contributed by atoms with E-state index >= 15 is 0 Å². The van der Waals surface area contributed by atoms with E-state index in [0.29, 0.717) is 18.8 Å². The van der Waals surface area contributed by atoms with Crippen LogP contribution in [-0.2, 0) is 0 Å². The first kappa shape index (κ1) is 18.4. The number of benzene rings is 3. The van der Waals surface area contributed by atoms with Gasteiger partial charge in [0.05, 0.1) is 5.69 Å². The van der Waals surface area contributed by atoms with Gasteiger partial charge in [-0.1, -0.05) is 60.7 Å². The number of amides is 1. The van der Waals surface area contributed by atoms with E-state index in [9.17, 15) is 4.79 Å². The molecule has 5 nitrogen and oxygen atoms in total. The molecular formula is C25H24N4O. The number of aromatic nitrogens is 2. The van der Waals surface area contributed by atoms with Gasteiger partial charge in [0.1, 0.15) is 5.69 Å². The average molecular weight is 396 g/mol. The minimum Gasteiger partial charge on any atom is -0.368 e. The Morgan fingerprint density at radius 3 is 2.47 bits per heavy atom. The number of piperazine rings is 1. The summed E-state index contributed by atoms with van der Waals surface area (Å²) >= 11 is 0. The Labute approximate surface area is 175 Å². The maximum absolute atomic E-state index is 13.1. The van der Waals surface area contributed by atoms with Gasteiger partial charge in [-0.15, -0.1) is 0 Å². The van der Waals surface area contributed by atoms with Crippen LogP contribution in [0.15, 0.2) is 72.8 Å². The molecule has 0 radical (unpaired) electrons. The van der Waals surface area contributed by atoms with Crippen LogP contribution in [0.25, 0.3) is 22.0 Å². The van der Waals surface area contributed by atoms with E-state index in [1.807, 2.05) is 35.2 Å². The Kier molecular flexibility index (Phi) is 4.71. The quantitative estimate of drug-likeness (QED) is 0.555. The van der Waals surface area contributed by atoms with Crippen LogP contribution in [0.1, 0.15) is 16.1 Å². The van der Waals surface area contributed by atoms with Crippen molar-refractivity contribution in [1.82, 2.24) is 15.1 Å². The fourth-order valence-electron chi connectivity index (χ4n) is 4.26. The van der Waals surface area contributed by atoms with Gasteiger partial charge in [-0.25, -0.2) is 0 Å². The van der Waals surface area contributed by atoms with Crippen LogP contribution in [-0.4, -0.2) is 47.2 Å². The number of nitrogens with one attached hydrogen (secondary N) is 1. The lowest BCUT2D eigenvalue weighted by atomic mass is 10.0. The molecule has 1 fully saturated rings. The third-order valence-corrected chi connectivity index (χ3v) is 5.90. The van der Waals surface area contributed by atoms with Crippen molar-refractivity contribution < 1.29 is 4.79 Å². The summed E-state index contributed by atoms with van der Waals surface area (Å²) in [5.41, 5.74) is 4.90. The van der Waals surface area contributed by atoms with E-state index in [4.69, 9.17) is 0 Å². The number of H-pyrrole nitrogens is 1. The van der Waals surface area contributed by atoms with Crippen molar-refractivity contribution in [3.63, 3.8) is 0 Å². The molecule has 3 aromatic carbocycles. The van der Waals surface area contributed by atoms with Crippen molar-refractivity contribution >= 4 is 22.4 Å². The molecule has 5 rings (SSSR count). The second-order valence-corrected chi connectivity index (χ2v) is 7.76. The summed E-state index contributed by atoms with van der Waals surface area (Å²) in [6.45, 7) is 5.21. The molecule has 0 aliphatic carbocycles. The number of aryl methyl sites for hydroxylation is 1. The van der Waals surface area contributed by atoms with E-state index in [1.54, 1.807) is 0 Å². The third-order valence-electron chi connectivity index (χ3n) is 5.90. The van der Waals surface area contributed by atoms with Gasteiger partial charge in [-0.2, -0.15) is 5.10 Å². The highest BCUT2D eigenvalue weighted by Crippen LogP contribution is 2.28. The number of carbonyl (C=O) groups excluding carboxylic acids is 1. The fraction of sp³-hybridized carbons (Fsp3) is 0.200. The molecule has 0 bridgehead atoms. The van der Waals surface area contributed by atoms with Gasteiger partial charge in [-0.05, 0) is 35.4 Å². The van der Waals surface area contributed by atoms with Crippen molar-refractivity contribution in [2.45, 2.75) is 6.92 Å². The number of hydrogen-bond donors (Lipinski definition) is 1. The Balaban J connectivity index is 1.32. The summed E-state index contributed by atoms with van der Waals surface area (Å²) in [5.74, 6) is 0.0124. The fourth-order valence-corrected chi connectivity index (χ4v) is 4.26. The van der Waals surface area contributed by atoms with Gasteiger partial charge in [0.15, 0.2) is 0 Å². The first-order valence-electron chi connectivity index (χ1n) is 10.3. The molecular weight excluding hydrogens is 372 g/mol. The Hall–Kier alpha value is -3.60. The molecule has 30 heavy (non-hydrogen) atoms. The highest BCUT2D eigenvalue weighted by Gasteiger charge is 2.24. The summed E-state index contributed by atoms with van der Waals surface area (Å²) in [6, 6.07) is 24.7. The number of rotatable bonds is 3. The molecule has 1 aromatic heterocycles. The summed E-state index contributed by atoms with van der Waals surface area (Å²) < 4.78 is 0. The summed E-state index contributed by atoms with van der Waals surface area (Å²) in [4.78, 5) is 17.3. The highest BCUT2D eigenvalue weighted by atomic mass is 16.2. The first-order chi connectivity index (χ1) is 14.7. The monoisotopic (exact) mass is 396 g/mol. The number of anilines is 1. The second-order valence-electron chi connectivity index (χ2n) is 7.76. The lowest BCUT2D eigenvalue weighted by molar-refractivity contribution is 0.0741. The van der Waals surface area contributed by atoms with Gasteiger partial charge in [0, 0.05) is 37.4 Å². The van der Waals surface area contributed by atoms with E-state index in [0.717, 1.165) is 29.7 Å². The number of nitrogens with zero attached hydrogens (tertiary/aromatic N) is 3. The standard InChI is InChI=1S/C25H24N4O/c1-18-7-2-5-12-24(18)28-13-15-29(16-14-28)25(30)23-17-22(26-27-23)21-11-6-9-19-8-3-4-10-20(19)21/h2-12,17H,13-16H2,1H3,(H,26,27). The predicted molar refractivity (Wildman–Crippen MR) is 121 cm³/mol. The summed E-state index contributed by atoms with van der Waals surface area (Å²) in [5, 5.41) is 9.71. The normalized spacial score (nSPS) is 14.3. The van der Waals surface area contributed by atoms with Crippen molar-refractivity contribution in [3.8, 4) is 11.3 Å². The minimum atomic E-state index is 0.0124. The summed E-state index contributed by atoms with van der Waals surface area (Å²) in [6.07, 6.45) is 0. The Morgan fingerprint density at radius 2 is 1.63 bits per heavy atom. The molecule has 1 amide bonds. The predicted octanol–water partition coefficient (Wildman–Crippen LogP) is 4.50. The highest BCUT2D eigenvalue weighted by molar-refractivity contribution is 5.98. The topological polar surface area (TPSA) is 52.2 Å². The smallest absolute Gasteiger partial charge is 0.272 e. The van der Waals surface area contributed by atoms with Crippen molar-refractivity contribution in [2.75, 3.05) is 31.1 Å². The molecule has 2 heterocycles. The zero-order valence-corrected chi connectivity index (χ0v) is 17.0. The van der Waals surface area contributed by atoms with E-state index in [-0.39, 0.29) is 5.91 Å². The SMILES string of the molecule is Cc1ccccc1N1CCN(C(=O)c2cc(-c3cccc4ccccc34)n[nH]2)CC1. The van der Waals surface area contributed by atoms with Gasteiger partial charge in [0.25, 0.3) is 5.91 Å². The molecule has 0 saturated carbocycles. The van der Waals surface area contributed by atoms with E-state index in [2.05, 4.69) is 64.5 Å². The summed E-state index contributed by atoms with van der Waals surface area (Å²) in [7, 11) is 0. The second kappa shape index (κ2) is 7.67. The van der Waals surface area contributed by atoms with Gasteiger partial charge >= 0.3 is 0 Å². The zero-order chi connectivity index (χ0) is 20.5. The van der Waals surface area contributed by atoms with Gasteiger partial charge < -0.3 is 9.80 Å². The molecule has 1 N–H and O–H groups in total. The lowest BCUT2D eigenvalue weighted by Gasteiger charge is -2.36. The number of para-hydroxylation sites is 1. The molecule has 1 saturated heterocycles. The van der Waals surface area contributed by atoms with Crippen LogP contribution >= 0.6 is 0 Å². The molecule has 1 aliphatic rings. The number of hydrogen-bond acceptors (Lipinski definition) is 3. The van der Waals surface area contributed by atoms with Crippen LogP contribution in [0.5, 0.6) is 0 Å². The molecule has 0 unspecified atom stereocenters. The van der Waals surface area contributed by atoms with Crippen LogP contribution in [0.2, 0.25) is 0 Å². The van der Waals surface area contributed by atoms with E-state index in [1.165, 1.54) is 16.6 Å². The van der Waals surface area contributed by atoms with Gasteiger partial charge in [-0.3, -0.25) is 9.89 Å². The Morgan fingerprint density at radius 1 is 0.900 bits per heavy atom. The van der Waals surface area contributed by atoms with Crippen molar-refractivity contribution in [3.05, 3.63) is 84.1 Å². The van der Waals surface area contributed by atoms with Gasteiger partial charge in [0.2, 0.25) is 0 Å². The van der Waals surface area contributed by atoms with Crippen LogP contribution in [0, 0.1) is 6.92 Å². The Bertz CT molecular complexity index is 1200. The zero-order valence-electron chi connectivity index (χ0n) is 17.0. The number of fused-ring (bicyclic) bond motifs is 1. The lowest BCUT2D eigenvalue weighted by Crippen LogP contribution is -2.49. The van der Waals surface area contributed by atoms with Crippen LogP contribution < -0.4 is 4.90 Å². The number of aromatic amines is 1. The molecule has 150 valence electrons. The average Bonchev–Trinajstić information content (AvgIpc) is 3.29. The number of carbonyl (C=O) groups is 1. The molecule has 0 spiro atoms. The maximum Gasteiger partial charge on any atom is 0.272 e. The third kappa shape index (κ3) is 3.32. The van der Waals surface area contributed by atoms with Crippen molar-refractivity contribution in [2.24, 2.45) is 0 Å². The largest absolute Gasteiger partial charge is 0.368 e. The maximum atomic E-state index is 13.1. The molecule has 5 heteroatoms. The first-order valence-corrected chi connectivity index (χ1v) is 10.3. The molecule has 4 aromatic rings. The molecule has 0 atom stereocenters. The van der Waals surface area contributed by atoms with Crippen LogP contribution in [0.4, 0.5) is 5.69 Å². The molecule has 1 aliphatic heterocycles.